The van der Waals surface area contributed by atoms with Crippen molar-refractivity contribution in [3.63, 3.8) is 0 Å². The lowest BCUT2D eigenvalue weighted by atomic mass is 10.0. The molecule has 90 valence electrons. The van der Waals surface area contributed by atoms with Crippen LogP contribution in [-0.4, -0.2) is 17.8 Å². The Hall–Kier alpha value is -0.0900. The molecule has 1 aliphatic carbocycles. The predicted octanol–water partition coefficient (Wildman–Crippen LogP) is 3.21. The van der Waals surface area contributed by atoms with Gasteiger partial charge in [-0.05, 0) is 42.7 Å². The fraction of sp³-hybridized carbons (Fsp3) is 0.667. The maximum atomic E-state index is 9.26. The molecule has 2 N–H and O–H groups in total. The molecule has 1 heterocycles. The summed E-state index contributed by atoms with van der Waals surface area (Å²) < 4.78 is 0.841. The predicted molar refractivity (Wildman–Crippen MR) is 69.1 cm³/mol. The van der Waals surface area contributed by atoms with Gasteiger partial charge in [-0.3, -0.25) is 0 Å². The smallest absolute Gasteiger partial charge is 0.0931 e. The molecule has 3 atom stereocenters. The molecule has 1 aliphatic rings. The third-order valence-corrected chi connectivity index (χ3v) is 4.55. The molecule has 1 fully saturated rings. The zero-order valence-electron chi connectivity index (χ0n) is 9.45. The quantitative estimate of drug-likeness (QED) is 0.870. The minimum atomic E-state index is 0.300. The second kappa shape index (κ2) is 5.50. The number of nitrogens with one attached hydrogen (secondary N) is 1. The van der Waals surface area contributed by atoms with Crippen molar-refractivity contribution in [1.29, 1.82) is 0 Å². The van der Waals surface area contributed by atoms with Gasteiger partial charge in [-0.1, -0.05) is 18.0 Å². The van der Waals surface area contributed by atoms with E-state index in [0.29, 0.717) is 24.6 Å². The standard InChI is InChI=1S/C12H18ClNOS/c1-8(10-5-12(13)16-7-10)14-11-4-2-3-9(11)6-15/h5,7-9,11,14-15H,2-4,6H2,1H3. The molecule has 3 unspecified atom stereocenters. The first-order chi connectivity index (χ1) is 7.70. The number of hydrogen-bond donors (Lipinski definition) is 2. The summed E-state index contributed by atoms with van der Waals surface area (Å²) in [5.41, 5.74) is 1.25. The Labute approximate surface area is 106 Å². The number of aliphatic hydroxyl groups excluding tert-OH is 1. The van der Waals surface area contributed by atoms with E-state index < -0.39 is 0 Å². The minimum Gasteiger partial charge on any atom is -0.396 e. The summed E-state index contributed by atoms with van der Waals surface area (Å²) >= 11 is 7.50. The molecule has 0 aliphatic heterocycles. The van der Waals surface area contributed by atoms with Gasteiger partial charge in [-0.25, -0.2) is 0 Å². The van der Waals surface area contributed by atoms with Crippen LogP contribution in [0.15, 0.2) is 11.4 Å². The third-order valence-electron chi connectivity index (χ3n) is 3.45. The van der Waals surface area contributed by atoms with Gasteiger partial charge in [0.25, 0.3) is 0 Å². The van der Waals surface area contributed by atoms with Gasteiger partial charge < -0.3 is 10.4 Å². The highest BCUT2D eigenvalue weighted by Gasteiger charge is 2.27. The van der Waals surface area contributed by atoms with Crippen molar-refractivity contribution in [2.75, 3.05) is 6.61 Å². The first-order valence-corrected chi connectivity index (χ1v) is 7.07. The molecule has 4 heteroatoms. The van der Waals surface area contributed by atoms with Crippen LogP contribution in [0.2, 0.25) is 4.34 Å². The average Bonchev–Trinajstić information content (AvgIpc) is 2.86. The fourth-order valence-corrected chi connectivity index (χ4v) is 3.43. The minimum absolute atomic E-state index is 0.300. The molecule has 2 nitrogen and oxygen atoms in total. The van der Waals surface area contributed by atoms with Gasteiger partial charge in [0.15, 0.2) is 0 Å². The van der Waals surface area contributed by atoms with Crippen molar-refractivity contribution in [1.82, 2.24) is 5.32 Å². The lowest BCUT2D eigenvalue weighted by Crippen LogP contribution is -2.35. The zero-order valence-corrected chi connectivity index (χ0v) is 11.0. The van der Waals surface area contributed by atoms with E-state index >= 15 is 0 Å². The average molecular weight is 260 g/mol. The first kappa shape index (κ1) is 12.4. The Morgan fingerprint density at radius 2 is 2.44 bits per heavy atom. The van der Waals surface area contributed by atoms with Crippen LogP contribution >= 0.6 is 22.9 Å². The molecule has 0 amide bonds. The van der Waals surface area contributed by atoms with E-state index in [1.165, 1.54) is 18.4 Å². The van der Waals surface area contributed by atoms with E-state index in [-0.39, 0.29) is 0 Å². The largest absolute Gasteiger partial charge is 0.396 e. The van der Waals surface area contributed by atoms with Crippen molar-refractivity contribution in [3.8, 4) is 0 Å². The number of halogens is 1. The molecule has 0 spiro atoms. The molecule has 1 aromatic heterocycles. The van der Waals surface area contributed by atoms with E-state index in [9.17, 15) is 5.11 Å². The Balaban J connectivity index is 1.94. The number of hydrogen-bond acceptors (Lipinski definition) is 3. The number of aliphatic hydroxyl groups is 1. The normalized spacial score (nSPS) is 27.2. The van der Waals surface area contributed by atoms with Gasteiger partial charge in [-0.2, -0.15) is 0 Å². The Kier molecular flexibility index (Phi) is 4.25. The van der Waals surface area contributed by atoms with E-state index in [4.69, 9.17) is 11.6 Å². The Bertz CT molecular complexity index is 342. The van der Waals surface area contributed by atoms with Crippen LogP contribution in [-0.2, 0) is 0 Å². The molecule has 0 bridgehead atoms. The highest BCUT2D eigenvalue weighted by atomic mass is 35.5. The molecule has 1 aromatic rings. The summed E-state index contributed by atoms with van der Waals surface area (Å²) in [6, 6.07) is 2.80. The first-order valence-electron chi connectivity index (χ1n) is 5.81. The van der Waals surface area contributed by atoms with E-state index in [1.807, 2.05) is 6.07 Å². The molecule has 0 radical (unpaired) electrons. The number of thiophene rings is 1. The second-order valence-electron chi connectivity index (χ2n) is 4.55. The summed E-state index contributed by atoms with van der Waals surface area (Å²) in [4.78, 5) is 0. The molecular weight excluding hydrogens is 242 g/mol. The van der Waals surface area contributed by atoms with Crippen LogP contribution in [0.5, 0.6) is 0 Å². The van der Waals surface area contributed by atoms with Crippen LogP contribution in [0.1, 0.15) is 37.8 Å². The van der Waals surface area contributed by atoms with Gasteiger partial charge in [0, 0.05) is 18.7 Å². The molecule has 0 saturated heterocycles. The van der Waals surface area contributed by atoms with Crippen LogP contribution in [0, 0.1) is 5.92 Å². The molecule has 1 saturated carbocycles. The van der Waals surface area contributed by atoms with Gasteiger partial charge in [-0.15, -0.1) is 11.3 Å². The molecule has 2 rings (SSSR count). The van der Waals surface area contributed by atoms with E-state index in [0.717, 1.165) is 10.8 Å². The summed E-state index contributed by atoms with van der Waals surface area (Å²) in [6.45, 7) is 2.46. The topological polar surface area (TPSA) is 32.3 Å². The van der Waals surface area contributed by atoms with Crippen molar-refractivity contribution in [3.05, 3.63) is 21.3 Å². The lowest BCUT2D eigenvalue weighted by molar-refractivity contribution is 0.200. The highest BCUT2D eigenvalue weighted by Crippen LogP contribution is 2.29. The zero-order chi connectivity index (χ0) is 11.5. The van der Waals surface area contributed by atoms with Crippen LogP contribution < -0.4 is 5.32 Å². The van der Waals surface area contributed by atoms with Gasteiger partial charge >= 0.3 is 0 Å². The summed E-state index contributed by atoms with van der Waals surface area (Å²) in [6.07, 6.45) is 3.54. The summed E-state index contributed by atoms with van der Waals surface area (Å²) in [5, 5.41) is 15.0. The van der Waals surface area contributed by atoms with Gasteiger partial charge in [0.05, 0.1) is 4.34 Å². The monoisotopic (exact) mass is 259 g/mol. The lowest BCUT2D eigenvalue weighted by Gasteiger charge is -2.23. The van der Waals surface area contributed by atoms with Crippen LogP contribution in [0.4, 0.5) is 0 Å². The van der Waals surface area contributed by atoms with Crippen molar-refractivity contribution < 1.29 is 5.11 Å². The second-order valence-corrected chi connectivity index (χ2v) is 6.10. The SMILES string of the molecule is CC(NC1CCCC1CO)c1csc(Cl)c1. The maximum absolute atomic E-state index is 9.26. The fourth-order valence-electron chi connectivity index (χ4n) is 2.44. The van der Waals surface area contributed by atoms with Crippen molar-refractivity contribution >= 4 is 22.9 Å². The Morgan fingerprint density at radius 1 is 1.62 bits per heavy atom. The van der Waals surface area contributed by atoms with Crippen molar-refractivity contribution in [2.45, 2.75) is 38.3 Å². The third kappa shape index (κ3) is 2.77. The molecular formula is C12H18ClNOS. The number of rotatable bonds is 4. The summed E-state index contributed by atoms with van der Waals surface area (Å²) in [5.74, 6) is 0.427. The van der Waals surface area contributed by atoms with Gasteiger partial charge in [0.2, 0.25) is 0 Å². The van der Waals surface area contributed by atoms with E-state index in [2.05, 4.69) is 17.6 Å². The van der Waals surface area contributed by atoms with E-state index in [1.54, 1.807) is 11.3 Å². The van der Waals surface area contributed by atoms with Crippen LogP contribution in [0.3, 0.4) is 0 Å². The Morgan fingerprint density at radius 3 is 3.06 bits per heavy atom. The molecule has 0 aromatic carbocycles. The van der Waals surface area contributed by atoms with Gasteiger partial charge in [0.1, 0.15) is 0 Å². The van der Waals surface area contributed by atoms with Crippen molar-refractivity contribution in [2.24, 2.45) is 5.92 Å². The maximum Gasteiger partial charge on any atom is 0.0931 e. The molecule has 16 heavy (non-hydrogen) atoms. The van der Waals surface area contributed by atoms with Crippen LogP contribution in [0.25, 0.3) is 0 Å². The highest BCUT2D eigenvalue weighted by molar-refractivity contribution is 7.14. The summed E-state index contributed by atoms with van der Waals surface area (Å²) in [7, 11) is 0.